The van der Waals surface area contributed by atoms with Crippen LogP contribution in [-0.4, -0.2) is 32.7 Å². The minimum atomic E-state index is -0.473. The number of aromatic nitrogens is 3. The molecular formula is C22H22ClN5O3S. The van der Waals surface area contributed by atoms with E-state index in [0.29, 0.717) is 22.0 Å². The predicted octanol–water partition coefficient (Wildman–Crippen LogP) is 4.12. The topological polar surface area (TPSA) is 117 Å². The van der Waals surface area contributed by atoms with E-state index in [1.807, 2.05) is 13.0 Å². The van der Waals surface area contributed by atoms with Crippen molar-refractivity contribution in [2.45, 2.75) is 25.9 Å². The number of hydrogen-bond acceptors (Lipinski definition) is 6. The number of halogens is 1. The number of rotatable bonds is 7. The lowest BCUT2D eigenvalue weighted by molar-refractivity contribution is -0.119. The second-order valence-corrected chi connectivity index (χ2v) is 8.67. The zero-order valence-corrected chi connectivity index (χ0v) is 19.3. The highest BCUT2D eigenvalue weighted by Gasteiger charge is 2.16. The number of aromatic amines is 1. The van der Waals surface area contributed by atoms with E-state index >= 15 is 0 Å². The molecule has 0 aliphatic carbocycles. The maximum Gasteiger partial charge on any atom is 0.278 e. The minimum Gasteiger partial charge on any atom is -0.325 e. The third-order valence-electron chi connectivity index (χ3n) is 4.44. The Hall–Kier alpha value is -3.17. The Morgan fingerprint density at radius 2 is 1.88 bits per heavy atom. The van der Waals surface area contributed by atoms with Crippen LogP contribution in [0.2, 0.25) is 5.02 Å². The maximum absolute atomic E-state index is 12.6. The fourth-order valence-corrected chi connectivity index (χ4v) is 3.42. The number of carbonyl (C=O) groups is 2. The van der Waals surface area contributed by atoms with Gasteiger partial charge >= 0.3 is 0 Å². The van der Waals surface area contributed by atoms with Crippen LogP contribution in [0.5, 0.6) is 0 Å². The number of carbonyl (C=O) groups excluding carboxylic acids is 2. The number of thioether (sulfide) groups is 1. The van der Waals surface area contributed by atoms with Gasteiger partial charge in [0.1, 0.15) is 0 Å². The lowest BCUT2D eigenvalue weighted by atomic mass is 10.1. The molecule has 0 saturated heterocycles. The molecule has 2 amide bonds. The van der Waals surface area contributed by atoms with Crippen LogP contribution < -0.4 is 16.2 Å². The molecule has 0 saturated carbocycles. The van der Waals surface area contributed by atoms with E-state index < -0.39 is 5.56 Å². The van der Waals surface area contributed by atoms with Gasteiger partial charge in [-0.3, -0.25) is 19.4 Å². The van der Waals surface area contributed by atoms with E-state index in [-0.39, 0.29) is 34.3 Å². The molecule has 3 rings (SSSR count). The fraction of sp³-hybridized carbons (Fsp3) is 0.227. The smallest absolute Gasteiger partial charge is 0.278 e. The summed E-state index contributed by atoms with van der Waals surface area (Å²) in [4.78, 5) is 39.5. The molecule has 1 heterocycles. The molecule has 0 fully saturated rings. The zero-order valence-electron chi connectivity index (χ0n) is 17.7. The van der Waals surface area contributed by atoms with Crippen LogP contribution in [0.1, 0.15) is 19.4 Å². The van der Waals surface area contributed by atoms with Gasteiger partial charge in [0.25, 0.3) is 5.56 Å². The van der Waals surface area contributed by atoms with Gasteiger partial charge in [-0.15, -0.1) is 10.2 Å². The number of benzene rings is 2. The van der Waals surface area contributed by atoms with Crippen molar-refractivity contribution in [3.63, 3.8) is 0 Å². The molecule has 3 aromatic rings. The van der Waals surface area contributed by atoms with Crippen LogP contribution in [-0.2, 0) is 9.59 Å². The summed E-state index contributed by atoms with van der Waals surface area (Å²) in [7, 11) is 0. The van der Waals surface area contributed by atoms with Crippen molar-refractivity contribution < 1.29 is 9.59 Å². The first-order chi connectivity index (χ1) is 15.2. The van der Waals surface area contributed by atoms with Crippen LogP contribution in [0.4, 0.5) is 11.4 Å². The van der Waals surface area contributed by atoms with E-state index in [4.69, 9.17) is 11.6 Å². The molecule has 0 spiro atoms. The van der Waals surface area contributed by atoms with Gasteiger partial charge in [-0.1, -0.05) is 61.5 Å². The maximum atomic E-state index is 12.6. The van der Waals surface area contributed by atoms with Gasteiger partial charge in [0.05, 0.1) is 11.4 Å². The summed E-state index contributed by atoms with van der Waals surface area (Å²) in [5.41, 5.74) is 2.04. The van der Waals surface area contributed by atoms with Gasteiger partial charge in [-0.25, -0.2) is 0 Å². The Bertz CT molecular complexity index is 1210. The van der Waals surface area contributed by atoms with Crippen molar-refractivity contribution in [2.75, 3.05) is 16.4 Å². The van der Waals surface area contributed by atoms with Crippen molar-refractivity contribution in [3.8, 4) is 11.3 Å². The van der Waals surface area contributed by atoms with Crippen molar-refractivity contribution in [1.82, 2.24) is 15.2 Å². The van der Waals surface area contributed by atoms with Crippen molar-refractivity contribution >= 4 is 46.6 Å². The Labute approximate surface area is 194 Å². The summed E-state index contributed by atoms with van der Waals surface area (Å²) >= 11 is 7.12. The summed E-state index contributed by atoms with van der Waals surface area (Å²) in [6.45, 7) is 5.43. The number of para-hydroxylation sites is 1. The van der Waals surface area contributed by atoms with Crippen LogP contribution in [0.15, 0.2) is 52.4 Å². The lowest BCUT2D eigenvalue weighted by Gasteiger charge is -2.11. The number of nitrogens with zero attached hydrogens (tertiary/aromatic N) is 2. The van der Waals surface area contributed by atoms with E-state index in [1.165, 1.54) is 0 Å². The third-order valence-corrected chi connectivity index (χ3v) is 5.71. The number of anilines is 2. The quantitative estimate of drug-likeness (QED) is 0.446. The highest BCUT2D eigenvalue weighted by atomic mass is 35.5. The number of nitrogens with one attached hydrogen (secondary N) is 3. The van der Waals surface area contributed by atoms with Crippen LogP contribution in [0.25, 0.3) is 11.3 Å². The van der Waals surface area contributed by atoms with Gasteiger partial charge < -0.3 is 10.6 Å². The Balaban J connectivity index is 1.69. The van der Waals surface area contributed by atoms with Crippen LogP contribution in [0.3, 0.4) is 0 Å². The van der Waals surface area contributed by atoms with Crippen molar-refractivity contribution in [3.05, 3.63) is 63.4 Å². The standard InChI is InChI=1S/C22H22ClN5O3S/c1-12(2)20(30)25-17-7-5-4-6-15(17)19-21(31)26-22(28-27-19)32-11-18(29)24-14-9-8-13(3)16(23)10-14/h4-10,12H,11H2,1-3H3,(H,24,29)(H,25,30)(H,26,28,31). The zero-order chi connectivity index (χ0) is 23.3. The first-order valence-corrected chi connectivity index (χ1v) is 11.2. The third kappa shape index (κ3) is 5.95. The summed E-state index contributed by atoms with van der Waals surface area (Å²) in [5.74, 6) is -0.636. The average Bonchev–Trinajstić information content (AvgIpc) is 2.75. The molecule has 0 aliphatic heterocycles. The summed E-state index contributed by atoms with van der Waals surface area (Å²) in [5, 5.41) is 14.4. The molecule has 3 N–H and O–H groups in total. The summed E-state index contributed by atoms with van der Waals surface area (Å²) < 4.78 is 0. The number of amides is 2. The molecule has 1 aromatic heterocycles. The van der Waals surface area contributed by atoms with Gasteiger partial charge in [0.15, 0.2) is 10.9 Å². The normalized spacial score (nSPS) is 10.8. The van der Waals surface area contributed by atoms with E-state index in [1.54, 1.807) is 50.2 Å². The molecule has 8 nitrogen and oxygen atoms in total. The SMILES string of the molecule is Cc1ccc(NC(=O)CSc2nnc(-c3ccccc3NC(=O)C(C)C)c(=O)[nH]2)cc1Cl. The number of H-pyrrole nitrogens is 1. The fourth-order valence-electron chi connectivity index (χ4n) is 2.64. The highest BCUT2D eigenvalue weighted by Crippen LogP contribution is 2.25. The second-order valence-electron chi connectivity index (χ2n) is 7.30. The van der Waals surface area contributed by atoms with Gasteiger partial charge in [-0.05, 0) is 30.7 Å². The van der Waals surface area contributed by atoms with E-state index in [9.17, 15) is 14.4 Å². The van der Waals surface area contributed by atoms with Crippen LogP contribution >= 0.6 is 23.4 Å². The average molecular weight is 472 g/mol. The van der Waals surface area contributed by atoms with Crippen molar-refractivity contribution in [1.29, 1.82) is 0 Å². The van der Waals surface area contributed by atoms with E-state index in [0.717, 1.165) is 17.3 Å². The van der Waals surface area contributed by atoms with E-state index in [2.05, 4.69) is 25.8 Å². The molecule has 0 radical (unpaired) electrons. The lowest BCUT2D eigenvalue weighted by Crippen LogP contribution is -2.20. The molecule has 166 valence electrons. The van der Waals surface area contributed by atoms with Gasteiger partial charge in [0, 0.05) is 22.2 Å². The molecule has 0 bridgehead atoms. The largest absolute Gasteiger partial charge is 0.325 e. The monoisotopic (exact) mass is 471 g/mol. The first kappa shape index (κ1) is 23.5. The van der Waals surface area contributed by atoms with Gasteiger partial charge in [0.2, 0.25) is 11.8 Å². The molecule has 32 heavy (non-hydrogen) atoms. The molecule has 0 atom stereocenters. The Kier molecular flexibility index (Phi) is 7.66. The first-order valence-electron chi connectivity index (χ1n) is 9.80. The summed E-state index contributed by atoms with van der Waals surface area (Å²) in [6.07, 6.45) is 0. The number of hydrogen-bond donors (Lipinski definition) is 3. The molecule has 2 aromatic carbocycles. The van der Waals surface area contributed by atoms with Gasteiger partial charge in [-0.2, -0.15) is 0 Å². The Morgan fingerprint density at radius 3 is 2.56 bits per heavy atom. The Morgan fingerprint density at radius 1 is 1.12 bits per heavy atom. The highest BCUT2D eigenvalue weighted by molar-refractivity contribution is 7.99. The second kappa shape index (κ2) is 10.4. The molecular weight excluding hydrogens is 450 g/mol. The predicted molar refractivity (Wildman–Crippen MR) is 127 cm³/mol. The van der Waals surface area contributed by atoms with Crippen molar-refractivity contribution in [2.24, 2.45) is 5.92 Å². The number of aryl methyl sites for hydroxylation is 1. The minimum absolute atomic E-state index is 0.0243. The van der Waals surface area contributed by atoms with Crippen LogP contribution in [0, 0.1) is 12.8 Å². The molecule has 10 heteroatoms. The molecule has 0 unspecified atom stereocenters. The molecule has 0 aliphatic rings. The summed E-state index contributed by atoms with van der Waals surface area (Å²) in [6, 6.07) is 12.1.